The van der Waals surface area contributed by atoms with Crippen molar-refractivity contribution in [3.8, 4) is 0 Å². The van der Waals surface area contributed by atoms with Crippen LogP contribution in [-0.2, 0) is 9.47 Å². The maximum Gasteiger partial charge on any atom is 0.407 e. The fourth-order valence-electron chi connectivity index (χ4n) is 1.56. The molecule has 0 spiro atoms. The number of hydrogen-bond donors (Lipinski definition) is 1. The molecule has 16 heavy (non-hydrogen) atoms. The molecule has 0 aromatic heterocycles. The van der Waals surface area contributed by atoms with Crippen LogP contribution in [0.25, 0.3) is 0 Å². The predicted octanol–water partition coefficient (Wildman–Crippen LogP) is 1.25. The molecule has 1 amide bonds. The Morgan fingerprint density at radius 3 is 3.00 bits per heavy atom. The van der Waals surface area contributed by atoms with Crippen molar-refractivity contribution in [2.75, 3.05) is 13.7 Å². The molecule has 1 fully saturated rings. The van der Waals surface area contributed by atoms with Crippen molar-refractivity contribution in [1.82, 2.24) is 5.32 Å². The summed E-state index contributed by atoms with van der Waals surface area (Å²) in [6.45, 7) is 0.281. The molecule has 1 heterocycles. The number of esters is 1. The second-order valence-electron chi connectivity index (χ2n) is 3.41. The van der Waals surface area contributed by atoms with Crippen LogP contribution in [0.4, 0.5) is 4.79 Å². The zero-order chi connectivity index (χ0) is 11.5. The van der Waals surface area contributed by atoms with Gasteiger partial charge in [-0.2, -0.15) is 0 Å². The molecule has 1 aliphatic rings. The zero-order valence-electron chi connectivity index (χ0n) is 8.73. The van der Waals surface area contributed by atoms with Crippen LogP contribution in [0, 0.1) is 0 Å². The lowest BCUT2D eigenvalue weighted by Crippen LogP contribution is -2.18. The van der Waals surface area contributed by atoms with Crippen LogP contribution >= 0.6 is 0 Å². The van der Waals surface area contributed by atoms with Gasteiger partial charge in [0.15, 0.2) is 0 Å². The molecule has 84 valence electrons. The number of ether oxygens (including phenoxy) is 2. The molecule has 1 saturated heterocycles. The third-order valence-electron chi connectivity index (χ3n) is 2.38. The van der Waals surface area contributed by atoms with Gasteiger partial charge >= 0.3 is 12.1 Å². The van der Waals surface area contributed by atoms with Gasteiger partial charge in [0.2, 0.25) is 0 Å². The average molecular weight is 221 g/mol. The Bertz CT molecular complexity index is 430. The van der Waals surface area contributed by atoms with Crippen molar-refractivity contribution < 1.29 is 19.1 Å². The van der Waals surface area contributed by atoms with E-state index < -0.39 is 12.1 Å². The van der Waals surface area contributed by atoms with E-state index >= 15 is 0 Å². The van der Waals surface area contributed by atoms with Gasteiger partial charge in [-0.1, -0.05) is 12.1 Å². The summed E-state index contributed by atoms with van der Waals surface area (Å²) in [5.41, 5.74) is 1.29. The van der Waals surface area contributed by atoms with Crippen LogP contribution < -0.4 is 5.32 Å². The minimum atomic E-state index is -0.437. The van der Waals surface area contributed by atoms with Crippen molar-refractivity contribution >= 4 is 12.1 Å². The number of methoxy groups -OCH3 is 1. The summed E-state index contributed by atoms with van der Waals surface area (Å²) in [6, 6.07) is 6.72. The molecule has 0 aliphatic carbocycles. The minimum absolute atomic E-state index is 0.197. The van der Waals surface area contributed by atoms with Crippen LogP contribution in [0.5, 0.6) is 0 Å². The van der Waals surface area contributed by atoms with Gasteiger partial charge < -0.3 is 14.8 Å². The number of carbonyl (C=O) groups is 2. The van der Waals surface area contributed by atoms with E-state index in [4.69, 9.17) is 4.74 Å². The fourth-order valence-corrected chi connectivity index (χ4v) is 1.56. The second kappa shape index (κ2) is 4.22. The highest BCUT2D eigenvalue weighted by atomic mass is 16.6. The predicted molar refractivity (Wildman–Crippen MR) is 55.0 cm³/mol. The SMILES string of the molecule is COC(=O)c1cccc([C@H]2COC(=O)N2)c1. The Hall–Kier alpha value is -2.04. The van der Waals surface area contributed by atoms with Crippen molar-refractivity contribution in [2.45, 2.75) is 6.04 Å². The molecule has 0 radical (unpaired) electrons. The van der Waals surface area contributed by atoms with E-state index in [1.54, 1.807) is 18.2 Å². The molecule has 1 aliphatic heterocycles. The van der Waals surface area contributed by atoms with Crippen molar-refractivity contribution in [1.29, 1.82) is 0 Å². The highest BCUT2D eigenvalue weighted by Gasteiger charge is 2.24. The number of hydrogen-bond acceptors (Lipinski definition) is 4. The third-order valence-corrected chi connectivity index (χ3v) is 2.38. The van der Waals surface area contributed by atoms with Crippen molar-refractivity contribution in [3.05, 3.63) is 35.4 Å². The maximum absolute atomic E-state index is 11.3. The summed E-state index contributed by atoms with van der Waals surface area (Å²) in [5, 5.41) is 2.64. The number of rotatable bonds is 2. The molecule has 5 heteroatoms. The van der Waals surface area contributed by atoms with Gasteiger partial charge in [0.1, 0.15) is 6.61 Å². The Kier molecular flexibility index (Phi) is 2.76. The number of cyclic esters (lactones) is 1. The molecule has 5 nitrogen and oxygen atoms in total. The maximum atomic E-state index is 11.3. The average Bonchev–Trinajstić information content (AvgIpc) is 2.75. The lowest BCUT2D eigenvalue weighted by atomic mass is 10.1. The molecule has 2 rings (SSSR count). The first kappa shape index (κ1) is 10.5. The highest BCUT2D eigenvalue weighted by Crippen LogP contribution is 2.19. The molecule has 1 aromatic carbocycles. The Morgan fingerprint density at radius 2 is 2.38 bits per heavy atom. The van der Waals surface area contributed by atoms with Gasteiger partial charge in [-0.15, -0.1) is 0 Å². The van der Waals surface area contributed by atoms with E-state index in [0.717, 1.165) is 5.56 Å². The largest absolute Gasteiger partial charge is 0.465 e. The van der Waals surface area contributed by atoms with E-state index in [1.165, 1.54) is 7.11 Å². The molecular weight excluding hydrogens is 210 g/mol. The first-order valence-corrected chi connectivity index (χ1v) is 4.82. The molecule has 1 aromatic rings. The minimum Gasteiger partial charge on any atom is -0.465 e. The lowest BCUT2D eigenvalue weighted by molar-refractivity contribution is 0.0600. The second-order valence-corrected chi connectivity index (χ2v) is 3.41. The monoisotopic (exact) mass is 221 g/mol. The van der Waals surface area contributed by atoms with Gasteiger partial charge in [-0.25, -0.2) is 9.59 Å². The van der Waals surface area contributed by atoms with Gasteiger partial charge in [0.25, 0.3) is 0 Å². The van der Waals surface area contributed by atoms with Crippen LogP contribution in [0.2, 0.25) is 0 Å². The quantitative estimate of drug-likeness (QED) is 0.763. The van der Waals surface area contributed by atoms with Crippen LogP contribution in [0.3, 0.4) is 0 Å². The number of benzene rings is 1. The summed E-state index contributed by atoms with van der Waals surface area (Å²) < 4.78 is 9.40. The topological polar surface area (TPSA) is 64.6 Å². The molecule has 1 N–H and O–H groups in total. The summed E-state index contributed by atoms with van der Waals surface area (Å²) >= 11 is 0. The van der Waals surface area contributed by atoms with Crippen molar-refractivity contribution in [2.24, 2.45) is 0 Å². The summed E-state index contributed by atoms with van der Waals surface area (Å²) in [6.07, 6.45) is -0.437. The Labute approximate surface area is 92.4 Å². The fraction of sp³-hybridized carbons (Fsp3) is 0.273. The first-order chi connectivity index (χ1) is 7.70. The Balaban J connectivity index is 2.22. The van der Waals surface area contributed by atoms with E-state index in [1.807, 2.05) is 6.07 Å². The standard InChI is InChI=1S/C11H11NO4/c1-15-10(13)8-4-2-3-7(5-8)9-6-16-11(14)12-9/h2-5,9H,6H2,1H3,(H,12,14)/t9-/m1/s1. The molecule has 1 atom stereocenters. The van der Waals surface area contributed by atoms with Crippen LogP contribution in [0.1, 0.15) is 22.0 Å². The number of carbonyl (C=O) groups excluding carboxylic acids is 2. The highest BCUT2D eigenvalue weighted by molar-refractivity contribution is 5.89. The van der Waals surface area contributed by atoms with Gasteiger partial charge in [-0.05, 0) is 17.7 Å². The number of amides is 1. The summed E-state index contributed by atoms with van der Waals surface area (Å²) in [4.78, 5) is 22.2. The van der Waals surface area contributed by atoms with Gasteiger partial charge in [0, 0.05) is 0 Å². The number of nitrogens with one attached hydrogen (secondary N) is 1. The third kappa shape index (κ3) is 1.98. The van der Waals surface area contributed by atoms with E-state index in [9.17, 15) is 9.59 Å². The normalized spacial score (nSPS) is 18.8. The van der Waals surface area contributed by atoms with E-state index in [2.05, 4.69) is 10.1 Å². The number of alkyl carbamates (subject to hydrolysis) is 1. The molecule has 0 unspecified atom stereocenters. The van der Waals surface area contributed by atoms with Gasteiger partial charge in [0.05, 0.1) is 18.7 Å². The van der Waals surface area contributed by atoms with Gasteiger partial charge in [-0.3, -0.25) is 0 Å². The molecule has 0 saturated carbocycles. The van der Waals surface area contributed by atoms with Crippen LogP contribution in [-0.4, -0.2) is 25.8 Å². The van der Waals surface area contributed by atoms with E-state index in [-0.39, 0.29) is 12.6 Å². The van der Waals surface area contributed by atoms with Crippen molar-refractivity contribution in [3.63, 3.8) is 0 Å². The first-order valence-electron chi connectivity index (χ1n) is 4.82. The van der Waals surface area contributed by atoms with E-state index in [0.29, 0.717) is 5.56 Å². The van der Waals surface area contributed by atoms with Crippen LogP contribution in [0.15, 0.2) is 24.3 Å². The lowest BCUT2D eigenvalue weighted by Gasteiger charge is -2.08. The molecule has 0 bridgehead atoms. The summed E-state index contributed by atoms with van der Waals surface area (Å²) in [7, 11) is 1.33. The summed E-state index contributed by atoms with van der Waals surface area (Å²) in [5.74, 6) is -0.396. The smallest absolute Gasteiger partial charge is 0.407 e. The zero-order valence-corrected chi connectivity index (χ0v) is 8.73. The molecular formula is C11H11NO4. The Morgan fingerprint density at radius 1 is 1.56 bits per heavy atom.